The van der Waals surface area contributed by atoms with Crippen molar-refractivity contribution in [1.82, 2.24) is 14.9 Å². The molecule has 0 aliphatic rings. The van der Waals surface area contributed by atoms with Gasteiger partial charge in [-0.1, -0.05) is 22.0 Å². The van der Waals surface area contributed by atoms with Crippen LogP contribution in [0, 0.1) is 13.8 Å². The molecule has 7 heteroatoms. The van der Waals surface area contributed by atoms with Gasteiger partial charge in [0.25, 0.3) is 5.56 Å². The number of hydrogen-bond acceptors (Lipinski definition) is 4. The minimum Gasteiger partial charge on any atom is -0.492 e. The van der Waals surface area contributed by atoms with Gasteiger partial charge < -0.3 is 9.72 Å². The maximum absolute atomic E-state index is 12.4. The largest absolute Gasteiger partial charge is 0.492 e. The number of rotatable bonds is 6. The van der Waals surface area contributed by atoms with Crippen LogP contribution in [0.4, 0.5) is 0 Å². The molecule has 0 atom stereocenters. The summed E-state index contributed by atoms with van der Waals surface area (Å²) in [7, 11) is 1.98. The first-order valence-corrected chi connectivity index (χ1v) is 10.2. The van der Waals surface area contributed by atoms with Crippen molar-refractivity contribution in [1.29, 1.82) is 0 Å². The van der Waals surface area contributed by atoms with Gasteiger partial charge in [0, 0.05) is 15.5 Å². The van der Waals surface area contributed by atoms with Crippen LogP contribution in [-0.4, -0.2) is 35.1 Å². The molecular weight excluding hydrogens is 474 g/mol. The summed E-state index contributed by atoms with van der Waals surface area (Å²) >= 11 is 6.88. The monoisotopic (exact) mass is 493 g/mol. The molecule has 0 bridgehead atoms. The highest BCUT2D eigenvalue weighted by Gasteiger charge is 2.10. The number of aromatic amines is 1. The van der Waals surface area contributed by atoms with Crippen LogP contribution in [0.1, 0.15) is 17.0 Å². The lowest BCUT2D eigenvalue weighted by Gasteiger charge is -2.17. The summed E-state index contributed by atoms with van der Waals surface area (Å²) in [6, 6.07) is 9.85. The molecule has 0 aliphatic heterocycles. The molecule has 3 aromatic rings. The van der Waals surface area contributed by atoms with Gasteiger partial charge in [0.1, 0.15) is 18.2 Å². The zero-order valence-electron chi connectivity index (χ0n) is 15.5. The van der Waals surface area contributed by atoms with Gasteiger partial charge in [-0.25, -0.2) is 4.98 Å². The zero-order valence-corrected chi connectivity index (χ0v) is 18.6. The molecule has 2 aromatic carbocycles. The van der Waals surface area contributed by atoms with Crippen molar-refractivity contribution in [2.75, 3.05) is 20.2 Å². The van der Waals surface area contributed by atoms with E-state index >= 15 is 0 Å². The number of H-pyrrole nitrogens is 1. The lowest BCUT2D eigenvalue weighted by atomic mass is 10.1. The first kappa shape index (κ1) is 20.0. The summed E-state index contributed by atoms with van der Waals surface area (Å²) in [5, 5.41) is 0.556. The number of nitrogens with one attached hydrogen (secondary N) is 1. The number of halogens is 2. The summed E-state index contributed by atoms with van der Waals surface area (Å²) in [6.45, 7) is 5.93. The standard InChI is InChI=1S/C20H21Br2N3O2/c1-12-6-13(2)8-15(7-12)27-5-4-25(3)11-18-23-19-16(20(26)24-18)9-14(21)10-17(19)22/h6-10H,4-5,11H2,1-3H3,(H,23,24,26). The fourth-order valence-electron chi connectivity index (χ4n) is 2.96. The molecule has 0 unspecified atom stereocenters. The van der Waals surface area contributed by atoms with Crippen LogP contribution in [0.25, 0.3) is 10.9 Å². The van der Waals surface area contributed by atoms with Crippen LogP contribution in [0.3, 0.4) is 0 Å². The van der Waals surface area contributed by atoms with E-state index in [1.807, 2.05) is 25.2 Å². The predicted molar refractivity (Wildman–Crippen MR) is 116 cm³/mol. The van der Waals surface area contributed by atoms with E-state index in [4.69, 9.17) is 4.74 Å². The number of benzene rings is 2. The van der Waals surface area contributed by atoms with Crippen LogP contribution in [0.15, 0.2) is 44.1 Å². The number of ether oxygens (including phenoxy) is 1. The van der Waals surface area contributed by atoms with Gasteiger partial charge in [0.15, 0.2) is 0 Å². The smallest absolute Gasteiger partial charge is 0.258 e. The Morgan fingerprint density at radius 3 is 2.52 bits per heavy atom. The molecule has 0 saturated carbocycles. The Labute approximate surface area is 175 Å². The minimum atomic E-state index is -0.142. The van der Waals surface area contributed by atoms with E-state index in [2.05, 4.69) is 66.6 Å². The van der Waals surface area contributed by atoms with Crippen molar-refractivity contribution in [3.05, 3.63) is 66.6 Å². The van der Waals surface area contributed by atoms with E-state index < -0.39 is 0 Å². The zero-order chi connectivity index (χ0) is 19.6. The van der Waals surface area contributed by atoms with Gasteiger partial charge in [-0.15, -0.1) is 0 Å². The fourth-order valence-corrected chi connectivity index (χ4v) is 4.27. The average molecular weight is 495 g/mol. The van der Waals surface area contributed by atoms with Crippen molar-refractivity contribution in [2.24, 2.45) is 0 Å². The molecule has 0 radical (unpaired) electrons. The summed E-state index contributed by atoms with van der Waals surface area (Å²) in [6.07, 6.45) is 0. The third-order valence-corrected chi connectivity index (χ3v) is 5.20. The van der Waals surface area contributed by atoms with Crippen LogP contribution >= 0.6 is 31.9 Å². The highest BCUT2D eigenvalue weighted by Crippen LogP contribution is 2.25. The first-order chi connectivity index (χ1) is 12.8. The second-order valence-electron chi connectivity index (χ2n) is 6.71. The number of aromatic nitrogens is 2. The van der Waals surface area contributed by atoms with Gasteiger partial charge in [-0.2, -0.15) is 0 Å². The molecule has 5 nitrogen and oxygen atoms in total. The maximum atomic E-state index is 12.4. The summed E-state index contributed by atoms with van der Waals surface area (Å²) < 4.78 is 7.48. The van der Waals surface area contributed by atoms with Gasteiger partial charge in [0.2, 0.25) is 0 Å². The summed E-state index contributed by atoms with van der Waals surface area (Å²) in [5.41, 5.74) is 2.90. The summed E-state index contributed by atoms with van der Waals surface area (Å²) in [4.78, 5) is 21.9. The van der Waals surface area contributed by atoms with Crippen molar-refractivity contribution in [3.63, 3.8) is 0 Å². The lowest BCUT2D eigenvalue weighted by molar-refractivity contribution is 0.229. The second-order valence-corrected chi connectivity index (χ2v) is 8.48. The van der Waals surface area contributed by atoms with Crippen molar-refractivity contribution >= 4 is 42.8 Å². The summed E-state index contributed by atoms with van der Waals surface area (Å²) in [5.74, 6) is 1.51. The highest BCUT2D eigenvalue weighted by atomic mass is 79.9. The predicted octanol–water partition coefficient (Wildman–Crippen LogP) is 4.58. The Morgan fingerprint density at radius 2 is 1.81 bits per heavy atom. The third-order valence-electron chi connectivity index (χ3n) is 4.13. The number of hydrogen-bond donors (Lipinski definition) is 1. The fraction of sp³-hybridized carbons (Fsp3) is 0.300. The molecule has 0 aliphatic carbocycles. The van der Waals surface area contributed by atoms with E-state index in [0.29, 0.717) is 29.9 Å². The number of likely N-dealkylation sites (N-methyl/N-ethyl adjacent to an activating group) is 1. The Hall–Kier alpha value is -1.70. The van der Waals surface area contributed by atoms with E-state index in [1.165, 1.54) is 11.1 Å². The van der Waals surface area contributed by atoms with E-state index in [-0.39, 0.29) is 5.56 Å². The number of fused-ring (bicyclic) bond motifs is 1. The molecular formula is C20H21Br2N3O2. The SMILES string of the molecule is Cc1cc(C)cc(OCCN(C)Cc2nc3c(Br)cc(Br)cc3c(=O)[nH]2)c1. The Bertz CT molecular complexity index is 1010. The molecule has 1 heterocycles. The van der Waals surface area contributed by atoms with Crippen molar-refractivity contribution in [3.8, 4) is 5.75 Å². The third kappa shape index (κ3) is 5.18. The second kappa shape index (κ2) is 8.54. The number of nitrogens with zero attached hydrogens (tertiary/aromatic N) is 2. The molecule has 3 rings (SSSR count). The van der Waals surface area contributed by atoms with E-state index in [0.717, 1.165) is 21.2 Å². The molecule has 0 spiro atoms. The van der Waals surface area contributed by atoms with Gasteiger partial charge in [0.05, 0.1) is 17.4 Å². The van der Waals surface area contributed by atoms with Crippen molar-refractivity contribution in [2.45, 2.75) is 20.4 Å². The quantitative estimate of drug-likeness (QED) is 0.545. The molecule has 0 fully saturated rings. The maximum Gasteiger partial charge on any atom is 0.258 e. The van der Waals surface area contributed by atoms with Crippen LogP contribution < -0.4 is 10.3 Å². The van der Waals surface area contributed by atoms with Crippen LogP contribution in [-0.2, 0) is 6.54 Å². The van der Waals surface area contributed by atoms with Gasteiger partial charge in [-0.05, 0) is 72.2 Å². The van der Waals surface area contributed by atoms with Crippen molar-refractivity contribution < 1.29 is 4.74 Å². The Balaban J connectivity index is 1.65. The molecule has 27 heavy (non-hydrogen) atoms. The normalized spacial score (nSPS) is 11.3. The van der Waals surface area contributed by atoms with Crippen LogP contribution in [0.5, 0.6) is 5.75 Å². The molecule has 142 valence electrons. The van der Waals surface area contributed by atoms with E-state index in [9.17, 15) is 4.79 Å². The average Bonchev–Trinajstić information content (AvgIpc) is 2.55. The lowest BCUT2D eigenvalue weighted by Crippen LogP contribution is -2.26. The number of aryl methyl sites for hydroxylation is 2. The van der Waals surface area contributed by atoms with Gasteiger partial charge >= 0.3 is 0 Å². The molecule has 1 aromatic heterocycles. The van der Waals surface area contributed by atoms with Gasteiger partial charge in [-0.3, -0.25) is 9.69 Å². The minimum absolute atomic E-state index is 0.142. The molecule has 0 saturated heterocycles. The topological polar surface area (TPSA) is 58.2 Å². The van der Waals surface area contributed by atoms with Crippen LogP contribution in [0.2, 0.25) is 0 Å². The molecule has 1 N–H and O–H groups in total. The first-order valence-electron chi connectivity index (χ1n) is 8.59. The Morgan fingerprint density at radius 1 is 1.11 bits per heavy atom. The van der Waals surface area contributed by atoms with E-state index in [1.54, 1.807) is 6.07 Å². The highest BCUT2D eigenvalue weighted by molar-refractivity contribution is 9.11. The Kier molecular flexibility index (Phi) is 6.34. The molecule has 0 amide bonds.